The zero-order valence-electron chi connectivity index (χ0n) is 11.3. The molecule has 1 nitrogen and oxygen atoms in total. The molecule has 98 valence electrons. The summed E-state index contributed by atoms with van der Waals surface area (Å²) in [5, 5.41) is 3.23. The van der Waals surface area contributed by atoms with Crippen LogP contribution in [0.5, 0.6) is 0 Å². The van der Waals surface area contributed by atoms with Gasteiger partial charge >= 0.3 is 0 Å². The van der Waals surface area contributed by atoms with Gasteiger partial charge in [-0.1, -0.05) is 58.3 Å². The Kier molecular flexibility index (Phi) is 6.01. The molecule has 3 heteroatoms. The van der Waals surface area contributed by atoms with Crippen LogP contribution in [0, 0.1) is 26.2 Å². The summed E-state index contributed by atoms with van der Waals surface area (Å²) in [6, 6.07) is 6.10. The number of hydrogen-bond acceptors (Lipinski definition) is 1. The predicted octanol–water partition coefficient (Wildman–Crippen LogP) is 4.90. The van der Waals surface area contributed by atoms with Crippen LogP contribution >= 0.6 is 28.1 Å². The topological polar surface area (TPSA) is 12.0 Å². The summed E-state index contributed by atoms with van der Waals surface area (Å²) in [6.45, 7) is 6.01. The van der Waals surface area contributed by atoms with Gasteiger partial charge in [-0.25, -0.2) is 0 Å². The highest BCUT2D eigenvalue weighted by Crippen LogP contribution is 2.21. The molecule has 0 fully saturated rings. The minimum atomic E-state index is 0.554. The summed E-state index contributed by atoms with van der Waals surface area (Å²) in [5.74, 6) is 2.61. The average Bonchev–Trinajstić information content (AvgIpc) is 2.39. The van der Waals surface area contributed by atoms with Gasteiger partial charge in [-0.05, 0) is 38.0 Å². The van der Waals surface area contributed by atoms with Gasteiger partial charge in [0, 0.05) is 10.2 Å². The Hall–Kier alpha value is -1.37. The predicted molar refractivity (Wildman–Crippen MR) is 91.7 cm³/mol. The van der Waals surface area contributed by atoms with E-state index in [1.54, 1.807) is 0 Å². The third-order valence-corrected chi connectivity index (χ3v) is 3.69. The molecule has 19 heavy (non-hydrogen) atoms. The molecule has 0 aromatic heterocycles. The minimum absolute atomic E-state index is 0.554. The van der Waals surface area contributed by atoms with E-state index in [2.05, 4.69) is 27.2 Å². The molecule has 0 saturated heterocycles. The van der Waals surface area contributed by atoms with Crippen molar-refractivity contribution in [1.82, 2.24) is 0 Å². The third-order valence-electron chi connectivity index (χ3n) is 2.68. The number of halogens is 1. The third kappa shape index (κ3) is 4.34. The van der Waals surface area contributed by atoms with Crippen molar-refractivity contribution < 1.29 is 0 Å². The summed E-state index contributed by atoms with van der Waals surface area (Å²) in [5.41, 5.74) is 3.96. The molecule has 0 bridgehead atoms. The number of aryl methyl sites for hydroxylation is 2. The van der Waals surface area contributed by atoms with Crippen molar-refractivity contribution >= 4 is 38.8 Å². The highest BCUT2D eigenvalue weighted by atomic mass is 79.9. The second kappa shape index (κ2) is 7.28. The number of nitrogens with one attached hydrogen (secondary N) is 1. The van der Waals surface area contributed by atoms with Gasteiger partial charge in [-0.3, -0.25) is 0 Å². The number of allylic oxidation sites excluding steroid dienone is 3. The molecular formula is C16H16BrNS. The Labute approximate surface area is 128 Å². The highest BCUT2D eigenvalue weighted by molar-refractivity contribution is 9.11. The fraction of sp³-hybridized carbons (Fsp3) is 0.188. The van der Waals surface area contributed by atoms with Crippen LogP contribution < -0.4 is 5.32 Å². The van der Waals surface area contributed by atoms with Crippen LogP contribution in [-0.4, -0.2) is 4.99 Å². The lowest BCUT2D eigenvalue weighted by molar-refractivity contribution is 1.38. The van der Waals surface area contributed by atoms with E-state index in [0.717, 1.165) is 21.3 Å². The number of para-hydroxylation sites is 1. The largest absolute Gasteiger partial charge is 0.345 e. The van der Waals surface area contributed by atoms with Gasteiger partial charge in [0.2, 0.25) is 0 Å². The van der Waals surface area contributed by atoms with Crippen molar-refractivity contribution in [3.63, 3.8) is 0 Å². The summed E-state index contributed by atoms with van der Waals surface area (Å²) in [7, 11) is 0. The minimum Gasteiger partial charge on any atom is -0.345 e. The lowest BCUT2D eigenvalue weighted by Gasteiger charge is -2.13. The first-order valence-corrected chi connectivity index (χ1v) is 7.07. The van der Waals surface area contributed by atoms with Crippen molar-refractivity contribution in [1.29, 1.82) is 0 Å². The Morgan fingerprint density at radius 3 is 2.42 bits per heavy atom. The van der Waals surface area contributed by atoms with Crippen molar-refractivity contribution in [2.24, 2.45) is 0 Å². The molecule has 0 unspecified atom stereocenters. The molecule has 0 aliphatic carbocycles. The zero-order valence-corrected chi connectivity index (χ0v) is 13.7. The van der Waals surface area contributed by atoms with E-state index in [-0.39, 0.29) is 0 Å². The van der Waals surface area contributed by atoms with Gasteiger partial charge in [0.1, 0.15) is 4.99 Å². The van der Waals surface area contributed by atoms with Crippen molar-refractivity contribution in [2.75, 3.05) is 5.32 Å². The van der Waals surface area contributed by atoms with Gasteiger partial charge in [0.15, 0.2) is 0 Å². The summed E-state index contributed by atoms with van der Waals surface area (Å²) >= 11 is 8.77. The van der Waals surface area contributed by atoms with Crippen molar-refractivity contribution in [3.8, 4) is 12.3 Å². The molecule has 1 rings (SSSR count). The van der Waals surface area contributed by atoms with E-state index < -0.39 is 0 Å². The second-order valence-corrected chi connectivity index (χ2v) is 5.42. The van der Waals surface area contributed by atoms with Gasteiger partial charge in [0.25, 0.3) is 0 Å². The highest BCUT2D eigenvalue weighted by Gasteiger charge is 2.07. The number of thiocarbonyl (C=S) groups is 1. The van der Waals surface area contributed by atoms with E-state index in [4.69, 9.17) is 18.6 Å². The van der Waals surface area contributed by atoms with Gasteiger partial charge in [0.05, 0.1) is 5.57 Å². The lowest BCUT2D eigenvalue weighted by atomic mass is 10.1. The lowest BCUT2D eigenvalue weighted by Crippen LogP contribution is -2.13. The fourth-order valence-corrected chi connectivity index (χ4v) is 2.04. The van der Waals surface area contributed by atoms with Crippen LogP contribution in [-0.2, 0) is 0 Å². The smallest absolute Gasteiger partial charge is 0.119 e. The molecule has 0 radical (unpaired) electrons. The van der Waals surface area contributed by atoms with Crippen LogP contribution in [0.25, 0.3) is 0 Å². The summed E-state index contributed by atoms with van der Waals surface area (Å²) in [6.07, 6.45) is 9.26. The maximum absolute atomic E-state index is 5.51. The van der Waals surface area contributed by atoms with Crippen molar-refractivity contribution in [2.45, 2.75) is 20.8 Å². The second-order valence-electron chi connectivity index (χ2n) is 4.10. The maximum atomic E-state index is 5.51. The quantitative estimate of drug-likeness (QED) is 0.365. The first kappa shape index (κ1) is 15.7. The number of anilines is 1. The Balaban J connectivity index is 3.03. The molecular weight excluding hydrogens is 318 g/mol. The van der Waals surface area contributed by atoms with E-state index in [9.17, 15) is 0 Å². The number of benzene rings is 1. The van der Waals surface area contributed by atoms with Crippen LogP contribution in [0.4, 0.5) is 5.69 Å². The molecule has 0 spiro atoms. The summed E-state index contributed by atoms with van der Waals surface area (Å²) < 4.78 is 0.908. The Morgan fingerprint density at radius 2 is 1.95 bits per heavy atom. The number of rotatable bonds is 3. The SMILES string of the molecule is C#CC(=CC(Br)=CC)C(=S)Nc1c(C)cccc1C. The van der Waals surface area contributed by atoms with Crippen LogP contribution in [0.15, 0.2) is 40.4 Å². The molecule has 0 heterocycles. The van der Waals surface area contributed by atoms with E-state index in [1.807, 2.05) is 51.1 Å². The zero-order chi connectivity index (χ0) is 14.4. The normalized spacial score (nSPS) is 11.9. The first-order valence-electron chi connectivity index (χ1n) is 5.87. The van der Waals surface area contributed by atoms with Gasteiger partial charge in [-0.15, -0.1) is 6.42 Å². The van der Waals surface area contributed by atoms with Gasteiger partial charge in [-0.2, -0.15) is 0 Å². The number of terminal acetylenes is 1. The van der Waals surface area contributed by atoms with Gasteiger partial charge < -0.3 is 5.32 Å². The van der Waals surface area contributed by atoms with E-state index >= 15 is 0 Å². The van der Waals surface area contributed by atoms with Crippen LogP contribution in [0.2, 0.25) is 0 Å². The standard InChI is InChI=1S/C16H16BrNS/c1-5-13(10-14(17)6-2)16(19)18-15-11(3)8-7-9-12(15)4/h1,6-10H,2-4H3,(H,18,19). The molecule has 1 N–H and O–H groups in total. The molecule has 0 aliphatic heterocycles. The Morgan fingerprint density at radius 1 is 1.37 bits per heavy atom. The average molecular weight is 334 g/mol. The molecule has 1 aromatic rings. The van der Waals surface area contributed by atoms with Crippen LogP contribution in [0.1, 0.15) is 18.1 Å². The number of hydrogen-bond donors (Lipinski definition) is 1. The van der Waals surface area contributed by atoms with Crippen molar-refractivity contribution in [3.05, 3.63) is 51.5 Å². The molecule has 1 aromatic carbocycles. The first-order chi connectivity index (χ1) is 8.99. The van der Waals surface area contributed by atoms with E-state index in [0.29, 0.717) is 10.6 Å². The fourth-order valence-electron chi connectivity index (χ4n) is 1.59. The molecule has 0 atom stereocenters. The molecule has 0 aliphatic rings. The van der Waals surface area contributed by atoms with Crippen LogP contribution in [0.3, 0.4) is 0 Å². The molecule has 0 saturated carbocycles. The van der Waals surface area contributed by atoms with E-state index in [1.165, 1.54) is 0 Å². The Bertz CT molecular complexity index is 571. The maximum Gasteiger partial charge on any atom is 0.119 e. The molecule has 0 amide bonds. The summed E-state index contributed by atoms with van der Waals surface area (Å²) in [4.78, 5) is 0.554. The monoisotopic (exact) mass is 333 g/mol.